The number of rotatable bonds is 7. The van der Waals surface area contributed by atoms with Crippen LogP contribution in [0.2, 0.25) is 0 Å². The summed E-state index contributed by atoms with van der Waals surface area (Å²) in [6.07, 6.45) is 1.86. The van der Waals surface area contributed by atoms with Gasteiger partial charge in [0.05, 0.1) is 7.11 Å². The molecule has 24 heavy (non-hydrogen) atoms. The smallest absolute Gasteiger partial charge is 0.251 e. The van der Waals surface area contributed by atoms with E-state index in [0.29, 0.717) is 18.0 Å². The molecule has 0 bridgehead atoms. The van der Waals surface area contributed by atoms with E-state index in [9.17, 15) is 9.59 Å². The third-order valence-corrected chi connectivity index (χ3v) is 3.40. The molecule has 1 atom stereocenters. The molecule has 0 radical (unpaired) electrons. The molecule has 1 aromatic carbocycles. The molecule has 2 rings (SSSR count). The monoisotopic (exact) mass is 327 g/mol. The van der Waals surface area contributed by atoms with Gasteiger partial charge in [0.15, 0.2) is 0 Å². The van der Waals surface area contributed by atoms with Gasteiger partial charge in [0.25, 0.3) is 5.91 Å². The summed E-state index contributed by atoms with van der Waals surface area (Å²) < 4.78 is 4.98. The molecule has 0 spiro atoms. The minimum Gasteiger partial charge on any atom is -0.481 e. The zero-order valence-electron chi connectivity index (χ0n) is 13.8. The Labute approximate surface area is 141 Å². The van der Waals surface area contributed by atoms with E-state index < -0.39 is 0 Å². The van der Waals surface area contributed by atoms with Crippen LogP contribution in [0.15, 0.2) is 48.7 Å². The van der Waals surface area contributed by atoms with Crippen molar-refractivity contribution in [1.29, 1.82) is 0 Å². The summed E-state index contributed by atoms with van der Waals surface area (Å²) in [6, 6.07) is 12.2. The second kappa shape index (κ2) is 8.67. The van der Waals surface area contributed by atoms with Crippen molar-refractivity contribution >= 4 is 11.8 Å². The van der Waals surface area contributed by atoms with Crippen molar-refractivity contribution in [2.24, 2.45) is 0 Å². The highest BCUT2D eigenvalue weighted by Gasteiger charge is 2.13. The zero-order chi connectivity index (χ0) is 17.4. The number of carbonyl (C=O) groups is 2. The molecular formula is C18H21N3O3. The van der Waals surface area contributed by atoms with Crippen LogP contribution in [0.3, 0.4) is 0 Å². The van der Waals surface area contributed by atoms with Crippen molar-refractivity contribution in [3.63, 3.8) is 0 Å². The van der Waals surface area contributed by atoms with E-state index >= 15 is 0 Å². The molecule has 1 heterocycles. The van der Waals surface area contributed by atoms with Crippen LogP contribution >= 0.6 is 0 Å². The van der Waals surface area contributed by atoms with Crippen LogP contribution < -0.4 is 15.4 Å². The van der Waals surface area contributed by atoms with E-state index in [4.69, 9.17) is 4.74 Å². The minimum absolute atomic E-state index is 0.133. The molecule has 0 aliphatic heterocycles. The largest absolute Gasteiger partial charge is 0.481 e. The molecule has 2 amide bonds. The Morgan fingerprint density at radius 3 is 2.54 bits per heavy atom. The summed E-state index contributed by atoms with van der Waals surface area (Å²) in [7, 11) is 1.55. The maximum Gasteiger partial charge on any atom is 0.251 e. The Morgan fingerprint density at radius 2 is 1.92 bits per heavy atom. The van der Waals surface area contributed by atoms with Gasteiger partial charge in [-0.2, -0.15) is 0 Å². The van der Waals surface area contributed by atoms with Crippen molar-refractivity contribution in [2.45, 2.75) is 25.9 Å². The van der Waals surface area contributed by atoms with Crippen LogP contribution in [0, 0.1) is 0 Å². The summed E-state index contributed by atoms with van der Waals surface area (Å²) >= 11 is 0. The van der Waals surface area contributed by atoms with Crippen LogP contribution in [0.5, 0.6) is 5.88 Å². The lowest BCUT2D eigenvalue weighted by Crippen LogP contribution is -2.37. The van der Waals surface area contributed by atoms with Crippen LogP contribution in [-0.4, -0.2) is 29.9 Å². The standard InChI is InChI=1S/C18H21N3O3/c1-13(21-18(23)15-6-4-3-5-7-15)10-16(22)19-11-14-8-9-17(24-2)20-12-14/h3-9,12-13H,10-11H2,1-2H3,(H,19,22)(H,21,23). The number of nitrogens with one attached hydrogen (secondary N) is 2. The fourth-order valence-corrected chi connectivity index (χ4v) is 2.13. The predicted octanol–water partition coefficient (Wildman–Crippen LogP) is 1.91. The van der Waals surface area contributed by atoms with Gasteiger partial charge in [-0.15, -0.1) is 0 Å². The Morgan fingerprint density at radius 1 is 1.17 bits per heavy atom. The first-order valence-electron chi connectivity index (χ1n) is 7.70. The number of hydrogen-bond acceptors (Lipinski definition) is 4. The maximum absolute atomic E-state index is 12.0. The molecule has 0 saturated carbocycles. The molecule has 2 aromatic rings. The Bertz CT molecular complexity index is 672. The lowest BCUT2D eigenvalue weighted by atomic mass is 10.1. The zero-order valence-corrected chi connectivity index (χ0v) is 13.8. The summed E-state index contributed by atoms with van der Waals surface area (Å²) in [5.74, 6) is 0.212. The van der Waals surface area contributed by atoms with Gasteiger partial charge in [0, 0.05) is 36.8 Å². The van der Waals surface area contributed by atoms with Crippen LogP contribution in [-0.2, 0) is 11.3 Å². The van der Waals surface area contributed by atoms with E-state index in [1.54, 1.807) is 50.6 Å². The van der Waals surface area contributed by atoms with Crippen molar-refractivity contribution in [3.8, 4) is 5.88 Å². The van der Waals surface area contributed by atoms with Gasteiger partial charge in [0.2, 0.25) is 11.8 Å². The number of aromatic nitrogens is 1. The number of hydrogen-bond donors (Lipinski definition) is 2. The van der Waals surface area contributed by atoms with Gasteiger partial charge in [-0.1, -0.05) is 24.3 Å². The average Bonchev–Trinajstić information content (AvgIpc) is 2.61. The predicted molar refractivity (Wildman–Crippen MR) is 90.6 cm³/mol. The van der Waals surface area contributed by atoms with Gasteiger partial charge in [0.1, 0.15) is 0 Å². The first kappa shape index (κ1) is 17.5. The van der Waals surface area contributed by atoms with Gasteiger partial charge in [-0.3, -0.25) is 9.59 Å². The molecule has 6 heteroatoms. The third kappa shape index (κ3) is 5.39. The average molecular weight is 327 g/mol. The van der Waals surface area contributed by atoms with Crippen LogP contribution in [0.25, 0.3) is 0 Å². The van der Waals surface area contributed by atoms with Crippen LogP contribution in [0.4, 0.5) is 0 Å². The normalized spacial score (nSPS) is 11.4. The molecule has 1 aromatic heterocycles. The molecule has 0 fully saturated rings. The van der Waals surface area contributed by atoms with E-state index in [0.717, 1.165) is 5.56 Å². The molecule has 0 aliphatic rings. The summed E-state index contributed by atoms with van der Waals surface area (Å²) in [4.78, 5) is 28.1. The van der Waals surface area contributed by atoms with Crippen molar-refractivity contribution in [3.05, 3.63) is 59.8 Å². The molecule has 0 aliphatic carbocycles. The molecule has 2 N–H and O–H groups in total. The molecule has 6 nitrogen and oxygen atoms in total. The lowest BCUT2D eigenvalue weighted by molar-refractivity contribution is -0.121. The fourth-order valence-electron chi connectivity index (χ4n) is 2.13. The number of methoxy groups -OCH3 is 1. The number of amides is 2. The molecule has 1 unspecified atom stereocenters. The van der Waals surface area contributed by atoms with E-state index in [1.807, 2.05) is 12.1 Å². The molecule has 0 saturated heterocycles. The Balaban J connectivity index is 1.75. The number of pyridine rings is 1. The van der Waals surface area contributed by atoms with Gasteiger partial charge < -0.3 is 15.4 Å². The van der Waals surface area contributed by atoms with E-state index in [2.05, 4.69) is 15.6 Å². The Kier molecular flexibility index (Phi) is 6.31. The number of benzene rings is 1. The Hall–Kier alpha value is -2.89. The fraction of sp³-hybridized carbons (Fsp3) is 0.278. The molecular weight excluding hydrogens is 306 g/mol. The van der Waals surface area contributed by atoms with E-state index in [1.165, 1.54) is 0 Å². The van der Waals surface area contributed by atoms with Crippen molar-refractivity contribution < 1.29 is 14.3 Å². The van der Waals surface area contributed by atoms with E-state index in [-0.39, 0.29) is 24.3 Å². The highest BCUT2D eigenvalue weighted by Crippen LogP contribution is 2.06. The van der Waals surface area contributed by atoms with Gasteiger partial charge in [-0.25, -0.2) is 4.98 Å². The third-order valence-electron chi connectivity index (χ3n) is 3.40. The minimum atomic E-state index is -0.258. The van der Waals surface area contributed by atoms with Crippen molar-refractivity contribution in [1.82, 2.24) is 15.6 Å². The maximum atomic E-state index is 12.0. The highest BCUT2D eigenvalue weighted by molar-refractivity contribution is 5.94. The number of ether oxygens (including phenoxy) is 1. The van der Waals surface area contributed by atoms with Gasteiger partial charge >= 0.3 is 0 Å². The second-order valence-corrected chi connectivity index (χ2v) is 5.43. The number of carbonyl (C=O) groups excluding carboxylic acids is 2. The SMILES string of the molecule is COc1ccc(CNC(=O)CC(C)NC(=O)c2ccccc2)cn1. The highest BCUT2D eigenvalue weighted by atomic mass is 16.5. The lowest BCUT2D eigenvalue weighted by Gasteiger charge is -2.14. The summed E-state index contributed by atoms with van der Waals surface area (Å²) in [5.41, 5.74) is 1.46. The number of nitrogens with zero attached hydrogens (tertiary/aromatic N) is 1. The first-order chi connectivity index (χ1) is 11.6. The quantitative estimate of drug-likeness (QED) is 0.814. The second-order valence-electron chi connectivity index (χ2n) is 5.43. The topological polar surface area (TPSA) is 80.3 Å². The van der Waals surface area contributed by atoms with Gasteiger partial charge in [-0.05, 0) is 24.6 Å². The van der Waals surface area contributed by atoms with Crippen molar-refractivity contribution in [2.75, 3.05) is 7.11 Å². The summed E-state index contributed by atoms with van der Waals surface area (Å²) in [6.45, 7) is 2.19. The summed E-state index contributed by atoms with van der Waals surface area (Å²) in [5, 5.41) is 5.62. The first-order valence-corrected chi connectivity index (χ1v) is 7.70. The molecule has 126 valence electrons. The van der Waals surface area contributed by atoms with Crippen LogP contribution in [0.1, 0.15) is 29.3 Å².